The minimum absolute atomic E-state index is 0.000778. The number of carbonyl (C=O) groups is 1. The molecule has 0 unspecified atom stereocenters. The molecule has 1 heterocycles. The number of anilines is 1. The number of aromatic nitrogens is 1. The van der Waals surface area contributed by atoms with Gasteiger partial charge in [-0.3, -0.25) is 4.79 Å². The molecule has 0 bridgehead atoms. The Hall–Kier alpha value is -1.93. The van der Waals surface area contributed by atoms with Gasteiger partial charge in [-0.1, -0.05) is 20.8 Å². The van der Waals surface area contributed by atoms with E-state index in [-0.39, 0.29) is 24.1 Å². The summed E-state index contributed by atoms with van der Waals surface area (Å²) < 4.78 is 38.8. The number of alkyl halides is 3. The predicted molar refractivity (Wildman–Crippen MR) is 92.5 cm³/mol. The van der Waals surface area contributed by atoms with E-state index in [0.717, 1.165) is 17.1 Å². The Bertz CT molecular complexity index is 763. The summed E-state index contributed by atoms with van der Waals surface area (Å²) in [5.41, 5.74) is 5.46. The zero-order valence-corrected chi connectivity index (χ0v) is 15.0. The molecular weight excluding hydrogens is 351 g/mol. The molecule has 0 aliphatic heterocycles. The predicted octanol–water partition coefficient (Wildman–Crippen LogP) is 4.10. The lowest BCUT2D eigenvalue weighted by atomic mass is 9.98. The SMILES string of the molecule is CC(C)(C)c1nc(CC(=O)Nc2cc(CN)cc(C(F)(F)F)c2)cs1. The van der Waals surface area contributed by atoms with E-state index in [1.54, 1.807) is 5.38 Å². The number of hydrogen-bond donors (Lipinski definition) is 2. The van der Waals surface area contributed by atoms with Gasteiger partial charge in [0.2, 0.25) is 5.91 Å². The zero-order valence-electron chi connectivity index (χ0n) is 14.2. The maximum absolute atomic E-state index is 12.9. The first-order chi connectivity index (χ1) is 11.5. The molecular formula is C17H20F3N3OS. The Labute approximate surface area is 148 Å². The van der Waals surface area contributed by atoms with E-state index in [2.05, 4.69) is 10.3 Å². The van der Waals surface area contributed by atoms with Gasteiger partial charge in [-0.2, -0.15) is 13.2 Å². The smallest absolute Gasteiger partial charge is 0.326 e. The van der Waals surface area contributed by atoms with Gasteiger partial charge >= 0.3 is 6.18 Å². The van der Waals surface area contributed by atoms with Crippen molar-refractivity contribution < 1.29 is 18.0 Å². The molecule has 0 aliphatic rings. The van der Waals surface area contributed by atoms with Crippen LogP contribution in [0.25, 0.3) is 0 Å². The third-order valence-electron chi connectivity index (χ3n) is 3.37. The summed E-state index contributed by atoms with van der Waals surface area (Å²) in [4.78, 5) is 16.6. The van der Waals surface area contributed by atoms with Gasteiger partial charge in [0.15, 0.2) is 0 Å². The van der Waals surface area contributed by atoms with Crippen molar-refractivity contribution in [2.75, 3.05) is 5.32 Å². The Morgan fingerprint density at radius 3 is 2.44 bits per heavy atom. The molecule has 0 saturated carbocycles. The van der Waals surface area contributed by atoms with E-state index < -0.39 is 17.6 Å². The van der Waals surface area contributed by atoms with Gasteiger partial charge in [0.05, 0.1) is 22.7 Å². The van der Waals surface area contributed by atoms with E-state index >= 15 is 0 Å². The lowest BCUT2D eigenvalue weighted by Crippen LogP contribution is -2.17. The number of thiazole rings is 1. The largest absolute Gasteiger partial charge is 0.416 e. The van der Waals surface area contributed by atoms with Gasteiger partial charge in [0.25, 0.3) is 0 Å². The molecule has 1 aromatic carbocycles. The second-order valence-corrected chi connectivity index (χ2v) is 7.60. The van der Waals surface area contributed by atoms with E-state index in [0.29, 0.717) is 11.3 Å². The van der Waals surface area contributed by atoms with E-state index in [9.17, 15) is 18.0 Å². The number of amides is 1. The summed E-state index contributed by atoms with van der Waals surface area (Å²) in [6.07, 6.45) is -4.50. The fraction of sp³-hybridized carbons (Fsp3) is 0.412. The molecule has 136 valence electrons. The van der Waals surface area contributed by atoms with Crippen LogP contribution in [0.15, 0.2) is 23.6 Å². The number of benzene rings is 1. The van der Waals surface area contributed by atoms with Crippen LogP contribution in [0.1, 0.15) is 42.6 Å². The average molecular weight is 371 g/mol. The van der Waals surface area contributed by atoms with Crippen molar-refractivity contribution in [2.24, 2.45) is 5.73 Å². The topological polar surface area (TPSA) is 68.0 Å². The van der Waals surface area contributed by atoms with Crippen LogP contribution in [-0.4, -0.2) is 10.9 Å². The number of rotatable bonds is 4. The first kappa shape index (κ1) is 19.4. The maximum atomic E-state index is 12.9. The van der Waals surface area contributed by atoms with Crippen LogP contribution >= 0.6 is 11.3 Å². The first-order valence-corrected chi connectivity index (χ1v) is 8.53. The van der Waals surface area contributed by atoms with E-state index in [1.807, 2.05) is 20.8 Å². The van der Waals surface area contributed by atoms with Gasteiger partial charge < -0.3 is 11.1 Å². The van der Waals surface area contributed by atoms with Gasteiger partial charge in [-0.25, -0.2) is 4.98 Å². The maximum Gasteiger partial charge on any atom is 0.416 e. The molecule has 3 N–H and O–H groups in total. The standard InChI is InChI=1S/C17H20F3N3OS/c1-16(2,3)15-23-13(9-25-15)7-14(24)22-12-5-10(8-21)4-11(6-12)17(18,19)20/h4-6,9H,7-8,21H2,1-3H3,(H,22,24). The van der Waals surface area contributed by atoms with Gasteiger partial charge in [-0.15, -0.1) is 11.3 Å². The quantitative estimate of drug-likeness (QED) is 0.850. The van der Waals surface area contributed by atoms with Gasteiger partial charge in [0.1, 0.15) is 0 Å². The Balaban J connectivity index is 2.13. The summed E-state index contributed by atoms with van der Waals surface area (Å²) in [6.45, 7) is 6.01. The second kappa shape index (κ2) is 7.13. The number of nitrogens with two attached hydrogens (primary N) is 1. The molecule has 0 saturated heterocycles. The number of carbonyl (C=O) groups excluding carboxylic acids is 1. The van der Waals surface area contributed by atoms with Crippen LogP contribution < -0.4 is 11.1 Å². The summed E-state index contributed by atoms with van der Waals surface area (Å²) in [5, 5.41) is 5.19. The number of halogens is 3. The van der Waals surface area contributed by atoms with E-state index in [1.165, 1.54) is 17.4 Å². The zero-order chi connectivity index (χ0) is 18.8. The highest BCUT2D eigenvalue weighted by Gasteiger charge is 2.31. The fourth-order valence-electron chi connectivity index (χ4n) is 2.15. The number of nitrogens with one attached hydrogen (secondary N) is 1. The molecule has 2 aromatic rings. The van der Waals surface area contributed by atoms with Crippen LogP contribution in [-0.2, 0) is 29.4 Å². The summed E-state index contributed by atoms with van der Waals surface area (Å²) in [5.74, 6) is -0.423. The lowest BCUT2D eigenvalue weighted by Gasteiger charge is -2.13. The summed E-state index contributed by atoms with van der Waals surface area (Å²) >= 11 is 1.46. The molecule has 0 fully saturated rings. The van der Waals surface area contributed by atoms with Crippen LogP contribution in [0.4, 0.5) is 18.9 Å². The third kappa shape index (κ3) is 5.27. The van der Waals surface area contributed by atoms with Crippen molar-refractivity contribution in [1.82, 2.24) is 4.98 Å². The lowest BCUT2D eigenvalue weighted by molar-refractivity contribution is -0.137. The highest BCUT2D eigenvalue weighted by atomic mass is 32.1. The average Bonchev–Trinajstić information content (AvgIpc) is 2.94. The second-order valence-electron chi connectivity index (χ2n) is 6.74. The number of nitrogens with zero attached hydrogens (tertiary/aromatic N) is 1. The highest BCUT2D eigenvalue weighted by molar-refractivity contribution is 7.09. The molecule has 1 amide bonds. The summed E-state index contributed by atoms with van der Waals surface area (Å²) in [7, 11) is 0. The van der Waals surface area contributed by atoms with Crippen molar-refractivity contribution in [3.8, 4) is 0 Å². The Morgan fingerprint density at radius 2 is 1.92 bits per heavy atom. The Morgan fingerprint density at radius 1 is 1.24 bits per heavy atom. The van der Waals surface area contributed by atoms with Crippen molar-refractivity contribution in [3.63, 3.8) is 0 Å². The molecule has 0 radical (unpaired) electrons. The van der Waals surface area contributed by atoms with Crippen molar-refractivity contribution in [2.45, 2.75) is 45.3 Å². The monoisotopic (exact) mass is 371 g/mol. The van der Waals surface area contributed by atoms with Crippen LogP contribution in [0.3, 0.4) is 0 Å². The van der Waals surface area contributed by atoms with Crippen LogP contribution in [0.2, 0.25) is 0 Å². The third-order valence-corrected chi connectivity index (χ3v) is 4.69. The van der Waals surface area contributed by atoms with Crippen molar-refractivity contribution >= 4 is 22.9 Å². The molecule has 25 heavy (non-hydrogen) atoms. The van der Waals surface area contributed by atoms with Gasteiger partial charge in [-0.05, 0) is 23.8 Å². The molecule has 0 aliphatic carbocycles. The molecule has 4 nitrogen and oxygen atoms in total. The van der Waals surface area contributed by atoms with Crippen molar-refractivity contribution in [1.29, 1.82) is 0 Å². The molecule has 8 heteroatoms. The first-order valence-electron chi connectivity index (χ1n) is 7.65. The normalized spacial score (nSPS) is 12.3. The minimum atomic E-state index is -4.50. The molecule has 0 spiro atoms. The Kier molecular flexibility index (Phi) is 5.53. The highest BCUT2D eigenvalue weighted by Crippen LogP contribution is 2.32. The molecule has 1 aromatic heterocycles. The van der Waals surface area contributed by atoms with Crippen molar-refractivity contribution in [3.05, 3.63) is 45.4 Å². The minimum Gasteiger partial charge on any atom is -0.326 e. The molecule has 2 rings (SSSR count). The van der Waals surface area contributed by atoms with Crippen LogP contribution in [0, 0.1) is 0 Å². The van der Waals surface area contributed by atoms with Gasteiger partial charge in [0, 0.05) is 23.0 Å². The van der Waals surface area contributed by atoms with E-state index in [4.69, 9.17) is 5.73 Å². The van der Waals surface area contributed by atoms with Crippen LogP contribution in [0.5, 0.6) is 0 Å². The number of hydrogen-bond acceptors (Lipinski definition) is 4. The molecule has 0 atom stereocenters. The fourth-order valence-corrected chi connectivity index (χ4v) is 3.06. The summed E-state index contributed by atoms with van der Waals surface area (Å²) in [6, 6.07) is 3.32.